The van der Waals surface area contributed by atoms with Gasteiger partial charge in [0.05, 0.1) is 6.10 Å². The molecule has 3 heteroatoms. The fraction of sp³-hybridized carbons (Fsp3) is 0.294. The molecule has 0 saturated heterocycles. The first-order valence-electron chi connectivity index (χ1n) is 6.76. The van der Waals surface area contributed by atoms with Crippen molar-refractivity contribution in [3.05, 3.63) is 64.2 Å². The van der Waals surface area contributed by atoms with Gasteiger partial charge in [-0.3, -0.25) is 0 Å². The van der Waals surface area contributed by atoms with Crippen LogP contribution < -0.4 is 4.74 Å². The average molecular weight is 291 g/mol. The molecule has 0 spiro atoms. The summed E-state index contributed by atoms with van der Waals surface area (Å²) < 4.78 is 5.72. The monoisotopic (exact) mass is 290 g/mol. The molecule has 0 heterocycles. The summed E-state index contributed by atoms with van der Waals surface area (Å²) in [5.74, 6) is 0.772. The molecule has 0 aliphatic heterocycles. The summed E-state index contributed by atoms with van der Waals surface area (Å²) in [4.78, 5) is 0. The van der Waals surface area contributed by atoms with Crippen LogP contribution in [0, 0.1) is 6.92 Å². The molecule has 1 atom stereocenters. The second kappa shape index (κ2) is 6.78. The quantitative estimate of drug-likeness (QED) is 0.867. The van der Waals surface area contributed by atoms with Gasteiger partial charge in [0.25, 0.3) is 0 Å². The van der Waals surface area contributed by atoms with Crippen LogP contribution in [0.5, 0.6) is 5.75 Å². The summed E-state index contributed by atoms with van der Waals surface area (Å²) in [5, 5.41) is 10.5. The van der Waals surface area contributed by atoms with E-state index in [2.05, 4.69) is 0 Å². The van der Waals surface area contributed by atoms with Gasteiger partial charge in [-0.2, -0.15) is 0 Å². The van der Waals surface area contributed by atoms with Gasteiger partial charge >= 0.3 is 0 Å². The zero-order valence-corrected chi connectivity index (χ0v) is 12.5. The van der Waals surface area contributed by atoms with Gasteiger partial charge in [-0.1, -0.05) is 42.8 Å². The molecule has 0 aliphatic rings. The second-order valence-electron chi connectivity index (χ2n) is 4.88. The smallest absolute Gasteiger partial charge is 0.119 e. The van der Waals surface area contributed by atoms with E-state index in [1.165, 1.54) is 0 Å². The van der Waals surface area contributed by atoms with Crippen molar-refractivity contribution >= 4 is 11.6 Å². The van der Waals surface area contributed by atoms with Crippen molar-refractivity contribution in [2.45, 2.75) is 33.0 Å². The lowest BCUT2D eigenvalue weighted by Gasteiger charge is -2.11. The number of aryl methyl sites for hydroxylation is 1. The third-order valence-electron chi connectivity index (χ3n) is 3.25. The van der Waals surface area contributed by atoms with Crippen LogP contribution in [0.1, 0.15) is 36.1 Å². The molecule has 2 rings (SSSR count). The number of ether oxygens (including phenoxy) is 1. The van der Waals surface area contributed by atoms with E-state index < -0.39 is 6.10 Å². The Morgan fingerprint density at radius 1 is 1.15 bits per heavy atom. The lowest BCUT2D eigenvalue weighted by atomic mass is 10.1. The molecule has 20 heavy (non-hydrogen) atoms. The summed E-state index contributed by atoms with van der Waals surface area (Å²) in [6, 6.07) is 13.5. The minimum absolute atomic E-state index is 0.407. The highest BCUT2D eigenvalue weighted by Crippen LogP contribution is 2.22. The predicted octanol–water partition coefficient (Wildman–Crippen LogP) is 4.67. The van der Waals surface area contributed by atoms with Gasteiger partial charge < -0.3 is 9.84 Å². The van der Waals surface area contributed by atoms with Crippen LogP contribution in [0.2, 0.25) is 5.02 Å². The minimum Gasteiger partial charge on any atom is -0.489 e. The molecule has 0 saturated carbocycles. The van der Waals surface area contributed by atoms with Crippen LogP contribution in [-0.2, 0) is 6.61 Å². The zero-order chi connectivity index (χ0) is 14.5. The van der Waals surface area contributed by atoms with E-state index in [9.17, 15) is 5.11 Å². The van der Waals surface area contributed by atoms with E-state index in [1.54, 1.807) is 0 Å². The van der Waals surface area contributed by atoms with Crippen molar-refractivity contribution < 1.29 is 9.84 Å². The van der Waals surface area contributed by atoms with Crippen LogP contribution in [-0.4, -0.2) is 5.11 Å². The topological polar surface area (TPSA) is 29.5 Å². The Morgan fingerprint density at radius 2 is 1.85 bits per heavy atom. The predicted molar refractivity (Wildman–Crippen MR) is 82.2 cm³/mol. The molecular weight excluding hydrogens is 272 g/mol. The Hall–Kier alpha value is -1.51. The van der Waals surface area contributed by atoms with Gasteiger partial charge in [-0.05, 0) is 42.7 Å². The van der Waals surface area contributed by atoms with E-state index in [0.717, 1.165) is 27.5 Å². The molecule has 0 aliphatic carbocycles. The van der Waals surface area contributed by atoms with Crippen molar-refractivity contribution in [3.63, 3.8) is 0 Å². The van der Waals surface area contributed by atoms with Crippen molar-refractivity contribution in [3.8, 4) is 5.75 Å². The number of hydrogen-bond donors (Lipinski definition) is 1. The van der Waals surface area contributed by atoms with E-state index in [0.29, 0.717) is 13.0 Å². The SMILES string of the molecule is CCC(O)c1ccc(OCc2ccc(C)cc2Cl)cc1. The number of halogens is 1. The Labute approximate surface area is 125 Å². The van der Waals surface area contributed by atoms with Gasteiger partial charge in [0, 0.05) is 10.6 Å². The van der Waals surface area contributed by atoms with Crippen molar-refractivity contribution in [2.24, 2.45) is 0 Å². The van der Waals surface area contributed by atoms with Crippen LogP contribution in [0.25, 0.3) is 0 Å². The Kier molecular flexibility index (Phi) is 5.05. The number of aliphatic hydroxyl groups excluding tert-OH is 1. The Morgan fingerprint density at radius 3 is 2.45 bits per heavy atom. The van der Waals surface area contributed by atoms with E-state index >= 15 is 0 Å². The summed E-state index contributed by atoms with van der Waals surface area (Å²) >= 11 is 6.17. The van der Waals surface area contributed by atoms with Crippen molar-refractivity contribution in [1.29, 1.82) is 0 Å². The van der Waals surface area contributed by atoms with Gasteiger partial charge in [-0.25, -0.2) is 0 Å². The normalized spacial score (nSPS) is 12.2. The van der Waals surface area contributed by atoms with Crippen LogP contribution in [0.15, 0.2) is 42.5 Å². The standard InChI is InChI=1S/C17H19ClO2/c1-3-17(19)13-6-8-15(9-7-13)20-11-14-5-4-12(2)10-16(14)18/h4-10,17,19H,3,11H2,1-2H3. The molecule has 2 nitrogen and oxygen atoms in total. The van der Waals surface area contributed by atoms with E-state index in [-0.39, 0.29) is 0 Å². The van der Waals surface area contributed by atoms with Gasteiger partial charge in [-0.15, -0.1) is 0 Å². The lowest BCUT2D eigenvalue weighted by molar-refractivity contribution is 0.173. The maximum atomic E-state index is 9.73. The van der Waals surface area contributed by atoms with Crippen LogP contribution >= 0.6 is 11.6 Å². The zero-order valence-electron chi connectivity index (χ0n) is 11.8. The fourth-order valence-corrected chi connectivity index (χ4v) is 2.24. The minimum atomic E-state index is -0.407. The van der Waals surface area contributed by atoms with Gasteiger partial charge in [0.2, 0.25) is 0 Å². The summed E-state index contributed by atoms with van der Waals surface area (Å²) in [5.41, 5.74) is 3.01. The Bertz CT molecular complexity index is 564. The number of aliphatic hydroxyl groups is 1. The second-order valence-corrected chi connectivity index (χ2v) is 5.28. The van der Waals surface area contributed by atoms with Crippen molar-refractivity contribution in [2.75, 3.05) is 0 Å². The molecule has 0 bridgehead atoms. The van der Waals surface area contributed by atoms with Crippen LogP contribution in [0.4, 0.5) is 0 Å². The molecule has 2 aromatic rings. The Balaban J connectivity index is 2.00. The van der Waals surface area contributed by atoms with Crippen LogP contribution in [0.3, 0.4) is 0 Å². The fourth-order valence-electron chi connectivity index (χ4n) is 1.95. The first kappa shape index (κ1) is 14.9. The molecule has 1 N–H and O–H groups in total. The maximum absolute atomic E-state index is 9.73. The lowest BCUT2D eigenvalue weighted by Crippen LogP contribution is -1.98. The maximum Gasteiger partial charge on any atom is 0.119 e. The highest BCUT2D eigenvalue weighted by Gasteiger charge is 2.05. The summed E-state index contributed by atoms with van der Waals surface area (Å²) in [6.45, 7) is 4.40. The average Bonchev–Trinajstić information content (AvgIpc) is 2.46. The number of rotatable bonds is 5. The van der Waals surface area contributed by atoms with Gasteiger partial charge in [0.1, 0.15) is 12.4 Å². The third-order valence-corrected chi connectivity index (χ3v) is 3.61. The summed E-state index contributed by atoms with van der Waals surface area (Å²) in [6.07, 6.45) is 0.301. The largest absolute Gasteiger partial charge is 0.489 e. The highest BCUT2D eigenvalue weighted by molar-refractivity contribution is 6.31. The summed E-state index contributed by atoms with van der Waals surface area (Å²) in [7, 11) is 0. The molecule has 0 fully saturated rings. The molecule has 0 radical (unpaired) electrons. The molecule has 0 aromatic heterocycles. The molecule has 106 valence electrons. The third kappa shape index (κ3) is 3.75. The first-order chi connectivity index (χ1) is 9.60. The number of hydrogen-bond acceptors (Lipinski definition) is 2. The van der Waals surface area contributed by atoms with E-state index in [4.69, 9.17) is 16.3 Å². The first-order valence-corrected chi connectivity index (χ1v) is 7.13. The highest BCUT2D eigenvalue weighted by atomic mass is 35.5. The van der Waals surface area contributed by atoms with Gasteiger partial charge in [0.15, 0.2) is 0 Å². The number of benzene rings is 2. The van der Waals surface area contributed by atoms with E-state index in [1.807, 2.05) is 56.3 Å². The molecule has 1 unspecified atom stereocenters. The van der Waals surface area contributed by atoms with Crippen molar-refractivity contribution in [1.82, 2.24) is 0 Å². The molecule has 2 aromatic carbocycles. The molecule has 0 amide bonds. The molecular formula is C17H19ClO2.